The summed E-state index contributed by atoms with van der Waals surface area (Å²) in [5.41, 5.74) is 2.12. The van der Waals surface area contributed by atoms with Gasteiger partial charge in [0.1, 0.15) is 5.82 Å². The molecule has 0 fully saturated rings. The first-order chi connectivity index (χ1) is 10.0. The van der Waals surface area contributed by atoms with E-state index < -0.39 is 0 Å². The van der Waals surface area contributed by atoms with Gasteiger partial charge in [0.15, 0.2) is 0 Å². The second kappa shape index (κ2) is 7.26. The molecule has 0 aromatic heterocycles. The number of hydrogen-bond acceptors (Lipinski definition) is 1. The summed E-state index contributed by atoms with van der Waals surface area (Å²) in [5, 5.41) is 4.20. The first-order valence-corrected chi connectivity index (χ1v) is 7.77. The van der Waals surface area contributed by atoms with Gasteiger partial charge in [0.25, 0.3) is 0 Å². The van der Waals surface area contributed by atoms with Crippen LogP contribution in [0.2, 0.25) is 10.0 Å². The van der Waals surface area contributed by atoms with Gasteiger partial charge in [0, 0.05) is 17.2 Å². The summed E-state index contributed by atoms with van der Waals surface area (Å²) in [6.07, 6.45) is 1.05. The molecule has 0 saturated heterocycles. The molecule has 2 aromatic rings. The van der Waals surface area contributed by atoms with Gasteiger partial charge in [0.05, 0.1) is 10.0 Å². The molecule has 1 nitrogen and oxygen atoms in total. The monoisotopic (exact) mass is 325 g/mol. The fourth-order valence-electron chi connectivity index (χ4n) is 2.21. The first-order valence-electron chi connectivity index (χ1n) is 7.01. The van der Waals surface area contributed by atoms with E-state index >= 15 is 0 Å². The van der Waals surface area contributed by atoms with Crippen molar-refractivity contribution in [3.8, 4) is 11.1 Å². The Hall–Kier alpha value is -1.09. The van der Waals surface area contributed by atoms with Gasteiger partial charge in [-0.3, -0.25) is 0 Å². The summed E-state index contributed by atoms with van der Waals surface area (Å²) in [7, 11) is 0. The summed E-state index contributed by atoms with van der Waals surface area (Å²) >= 11 is 12.2. The predicted molar refractivity (Wildman–Crippen MR) is 88.6 cm³/mol. The highest BCUT2D eigenvalue weighted by atomic mass is 35.5. The molecule has 4 heteroatoms. The lowest BCUT2D eigenvalue weighted by Gasteiger charge is -2.16. The average Bonchev–Trinajstić information content (AvgIpc) is 2.48. The molecule has 0 radical (unpaired) electrons. The van der Waals surface area contributed by atoms with Gasteiger partial charge in [-0.1, -0.05) is 48.3 Å². The number of benzene rings is 2. The normalized spacial score (nSPS) is 12.4. The Morgan fingerprint density at radius 2 is 1.90 bits per heavy atom. The molecular weight excluding hydrogens is 308 g/mol. The molecule has 0 spiro atoms. The molecule has 1 unspecified atom stereocenters. The van der Waals surface area contributed by atoms with Crippen LogP contribution in [0.25, 0.3) is 11.1 Å². The number of hydrogen-bond donors (Lipinski definition) is 1. The Morgan fingerprint density at radius 3 is 2.62 bits per heavy atom. The average molecular weight is 326 g/mol. The van der Waals surface area contributed by atoms with Gasteiger partial charge >= 0.3 is 0 Å². The molecule has 1 atom stereocenters. The third-order valence-corrected chi connectivity index (χ3v) is 4.25. The molecule has 0 aliphatic heterocycles. The van der Waals surface area contributed by atoms with Crippen LogP contribution in [0.5, 0.6) is 0 Å². The minimum absolute atomic E-state index is 0.155. The Balaban J connectivity index is 2.42. The van der Waals surface area contributed by atoms with Crippen LogP contribution in [-0.2, 0) is 0 Å². The second-order valence-corrected chi connectivity index (χ2v) is 5.80. The highest BCUT2D eigenvalue weighted by Gasteiger charge is 2.14. The summed E-state index contributed by atoms with van der Waals surface area (Å²) in [6.45, 7) is 5.10. The van der Waals surface area contributed by atoms with Gasteiger partial charge in [-0.05, 0) is 43.7 Å². The maximum absolute atomic E-state index is 14.2. The lowest BCUT2D eigenvalue weighted by atomic mass is 9.99. The smallest absolute Gasteiger partial charge is 0.131 e. The third kappa shape index (κ3) is 3.76. The topological polar surface area (TPSA) is 12.0 Å². The van der Waals surface area contributed by atoms with Crippen LogP contribution in [0.1, 0.15) is 31.9 Å². The van der Waals surface area contributed by atoms with Crippen molar-refractivity contribution in [1.29, 1.82) is 0 Å². The molecule has 0 amide bonds. The van der Waals surface area contributed by atoms with Crippen molar-refractivity contribution >= 4 is 23.2 Å². The molecule has 0 saturated carbocycles. The van der Waals surface area contributed by atoms with E-state index in [0.717, 1.165) is 18.5 Å². The van der Waals surface area contributed by atoms with E-state index in [0.29, 0.717) is 21.2 Å². The van der Waals surface area contributed by atoms with Crippen molar-refractivity contribution in [3.05, 3.63) is 57.8 Å². The zero-order chi connectivity index (χ0) is 15.4. The Labute approximate surface area is 135 Å². The van der Waals surface area contributed by atoms with Crippen LogP contribution < -0.4 is 5.32 Å². The predicted octanol–water partition coefficient (Wildman–Crippen LogP) is 5.86. The Bertz CT molecular complexity index is 628. The fraction of sp³-hybridized carbons (Fsp3) is 0.294. The third-order valence-electron chi connectivity index (χ3n) is 3.43. The van der Waals surface area contributed by atoms with Gasteiger partial charge in [-0.15, -0.1) is 0 Å². The number of halogens is 3. The van der Waals surface area contributed by atoms with Crippen LogP contribution in [0.15, 0.2) is 36.4 Å². The van der Waals surface area contributed by atoms with E-state index in [9.17, 15) is 4.39 Å². The maximum Gasteiger partial charge on any atom is 0.131 e. The SMILES string of the molecule is CCCNC(C)c1ccc(F)c(-c2cccc(Cl)c2Cl)c1. The highest BCUT2D eigenvalue weighted by molar-refractivity contribution is 6.43. The van der Waals surface area contributed by atoms with Crippen LogP contribution in [0.3, 0.4) is 0 Å². The van der Waals surface area contributed by atoms with Crippen molar-refractivity contribution in [2.24, 2.45) is 0 Å². The molecule has 0 aliphatic rings. The van der Waals surface area contributed by atoms with Gasteiger partial charge in [0.2, 0.25) is 0 Å². The summed E-state index contributed by atoms with van der Waals surface area (Å²) in [5.74, 6) is -0.300. The second-order valence-electron chi connectivity index (χ2n) is 5.02. The van der Waals surface area contributed by atoms with Gasteiger partial charge in [-0.2, -0.15) is 0 Å². The standard InChI is InChI=1S/C17H18Cl2FN/c1-3-9-21-11(2)12-7-8-16(20)14(10-12)13-5-4-6-15(18)17(13)19/h4-8,10-11,21H,3,9H2,1-2H3. The quantitative estimate of drug-likeness (QED) is 0.725. The molecule has 112 valence electrons. The van der Waals surface area contributed by atoms with E-state index in [1.54, 1.807) is 24.3 Å². The Morgan fingerprint density at radius 1 is 1.14 bits per heavy atom. The van der Waals surface area contributed by atoms with Gasteiger partial charge < -0.3 is 5.32 Å². The zero-order valence-electron chi connectivity index (χ0n) is 12.1. The molecule has 0 bridgehead atoms. The number of nitrogens with one attached hydrogen (secondary N) is 1. The molecule has 1 N–H and O–H groups in total. The lowest BCUT2D eigenvalue weighted by Crippen LogP contribution is -2.19. The van der Waals surface area contributed by atoms with Crippen LogP contribution in [0.4, 0.5) is 4.39 Å². The van der Waals surface area contributed by atoms with Crippen LogP contribution >= 0.6 is 23.2 Å². The molecule has 21 heavy (non-hydrogen) atoms. The van der Waals surface area contributed by atoms with E-state index in [-0.39, 0.29) is 11.9 Å². The number of rotatable bonds is 5. The van der Waals surface area contributed by atoms with E-state index in [1.807, 2.05) is 6.07 Å². The first kappa shape index (κ1) is 16.3. The van der Waals surface area contributed by atoms with Gasteiger partial charge in [-0.25, -0.2) is 4.39 Å². The molecule has 0 aliphatic carbocycles. The van der Waals surface area contributed by atoms with Crippen molar-refractivity contribution < 1.29 is 4.39 Å². The summed E-state index contributed by atoms with van der Waals surface area (Å²) < 4.78 is 14.2. The van der Waals surface area contributed by atoms with E-state index in [1.165, 1.54) is 6.07 Å². The maximum atomic E-state index is 14.2. The summed E-state index contributed by atoms with van der Waals surface area (Å²) in [4.78, 5) is 0. The molecule has 2 rings (SSSR count). The Kier molecular flexibility index (Phi) is 5.63. The van der Waals surface area contributed by atoms with Crippen molar-refractivity contribution in [2.45, 2.75) is 26.3 Å². The fourth-order valence-corrected chi connectivity index (χ4v) is 2.61. The largest absolute Gasteiger partial charge is 0.310 e. The zero-order valence-corrected chi connectivity index (χ0v) is 13.6. The molecule has 2 aromatic carbocycles. The minimum Gasteiger partial charge on any atom is -0.310 e. The summed E-state index contributed by atoms with van der Waals surface area (Å²) in [6, 6.07) is 10.5. The molecule has 0 heterocycles. The van der Waals surface area contributed by atoms with Crippen molar-refractivity contribution in [1.82, 2.24) is 5.32 Å². The van der Waals surface area contributed by atoms with Crippen molar-refractivity contribution in [3.63, 3.8) is 0 Å². The van der Waals surface area contributed by atoms with Crippen LogP contribution in [0, 0.1) is 5.82 Å². The van der Waals surface area contributed by atoms with Crippen molar-refractivity contribution in [2.75, 3.05) is 6.54 Å². The van der Waals surface area contributed by atoms with E-state index in [2.05, 4.69) is 19.2 Å². The molecular formula is C17H18Cl2FN. The highest BCUT2D eigenvalue weighted by Crippen LogP contribution is 2.35. The van der Waals surface area contributed by atoms with Crippen LogP contribution in [-0.4, -0.2) is 6.54 Å². The van der Waals surface area contributed by atoms with E-state index in [4.69, 9.17) is 23.2 Å². The minimum atomic E-state index is -0.300. The lowest BCUT2D eigenvalue weighted by molar-refractivity contribution is 0.568.